The summed E-state index contributed by atoms with van der Waals surface area (Å²) >= 11 is 1.23. The van der Waals surface area contributed by atoms with E-state index in [4.69, 9.17) is 5.73 Å². The van der Waals surface area contributed by atoms with Gasteiger partial charge in [-0.1, -0.05) is 0 Å². The van der Waals surface area contributed by atoms with Gasteiger partial charge in [0.05, 0.1) is 22.6 Å². The van der Waals surface area contributed by atoms with E-state index in [1.165, 1.54) is 29.5 Å². The van der Waals surface area contributed by atoms with Crippen LogP contribution in [0.3, 0.4) is 0 Å². The third-order valence-electron chi connectivity index (χ3n) is 2.22. The highest BCUT2D eigenvalue weighted by molar-refractivity contribution is 7.12. The van der Waals surface area contributed by atoms with Gasteiger partial charge in [-0.05, 0) is 25.1 Å². The van der Waals surface area contributed by atoms with Crippen LogP contribution in [0, 0.1) is 12.7 Å². The van der Waals surface area contributed by atoms with E-state index in [-0.39, 0.29) is 11.6 Å². The van der Waals surface area contributed by atoms with E-state index in [1.54, 1.807) is 12.4 Å². The summed E-state index contributed by atoms with van der Waals surface area (Å²) in [6, 6.07) is 3.83. The number of nitrogens with zero attached hydrogens (tertiary/aromatic N) is 1. The van der Waals surface area contributed by atoms with Gasteiger partial charge in [-0.2, -0.15) is 0 Å². The van der Waals surface area contributed by atoms with E-state index in [0.29, 0.717) is 16.3 Å². The maximum absolute atomic E-state index is 13.0. The average molecular weight is 251 g/mol. The van der Waals surface area contributed by atoms with Crippen molar-refractivity contribution < 1.29 is 9.18 Å². The predicted molar refractivity (Wildman–Crippen MR) is 65.6 cm³/mol. The van der Waals surface area contributed by atoms with Crippen LogP contribution in [-0.2, 0) is 0 Å². The number of aryl methyl sites for hydroxylation is 1. The molecule has 1 amide bonds. The lowest BCUT2D eigenvalue weighted by Gasteiger charge is -2.07. The largest absolute Gasteiger partial charge is 0.397 e. The highest BCUT2D eigenvalue weighted by Crippen LogP contribution is 2.21. The van der Waals surface area contributed by atoms with Crippen LogP contribution in [0.25, 0.3) is 0 Å². The highest BCUT2D eigenvalue weighted by atomic mass is 32.1. The fourth-order valence-corrected chi connectivity index (χ4v) is 2.03. The zero-order valence-corrected chi connectivity index (χ0v) is 9.84. The molecule has 2 aromatic rings. The zero-order chi connectivity index (χ0) is 12.4. The van der Waals surface area contributed by atoms with Crippen molar-refractivity contribution in [1.29, 1.82) is 0 Å². The van der Waals surface area contributed by atoms with Gasteiger partial charge in [0, 0.05) is 0 Å². The number of hydrogen-bond donors (Lipinski definition) is 2. The normalized spacial score (nSPS) is 10.2. The minimum Gasteiger partial charge on any atom is -0.397 e. The molecule has 4 nitrogen and oxygen atoms in total. The molecule has 2 rings (SSSR count). The first-order valence-electron chi connectivity index (χ1n) is 4.84. The van der Waals surface area contributed by atoms with Crippen LogP contribution < -0.4 is 11.1 Å². The number of aromatic nitrogens is 1. The SMILES string of the molecule is Cc1ncsc1C(=O)Nc1cc(F)ccc1N. The number of nitrogens with one attached hydrogen (secondary N) is 1. The van der Waals surface area contributed by atoms with E-state index in [0.717, 1.165) is 0 Å². The molecule has 6 heteroatoms. The summed E-state index contributed by atoms with van der Waals surface area (Å²) in [7, 11) is 0. The van der Waals surface area contributed by atoms with Crippen LogP contribution in [0.2, 0.25) is 0 Å². The Labute approximate surface area is 101 Å². The van der Waals surface area contributed by atoms with Gasteiger partial charge in [0.2, 0.25) is 0 Å². The Morgan fingerprint density at radius 2 is 2.29 bits per heavy atom. The molecule has 1 heterocycles. The minimum absolute atomic E-state index is 0.266. The van der Waals surface area contributed by atoms with E-state index >= 15 is 0 Å². The Kier molecular flexibility index (Phi) is 3.06. The summed E-state index contributed by atoms with van der Waals surface area (Å²) in [5, 5.41) is 2.56. The number of carbonyl (C=O) groups is 1. The number of amides is 1. The Balaban J connectivity index is 2.24. The molecule has 0 radical (unpaired) electrons. The summed E-state index contributed by atoms with van der Waals surface area (Å²) in [6.45, 7) is 1.74. The molecule has 3 N–H and O–H groups in total. The van der Waals surface area contributed by atoms with Gasteiger partial charge in [0.25, 0.3) is 5.91 Å². The van der Waals surface area contributed by atoms with E-state index in [2.05, 4.69) is 10.3 Å². The van der Waals surface area contributed by atoms with E-state index in [1.807, 2.05) is 0 Å². The first-order valence-corrected chi connectivity index (χ1v) is 5.72. The quantitative estimate of drug-likeness (QED) is 0.805. The second-order valence-electron chi connectivity index (χ2n) is 3.45. The second kappa shape index (κ2) is 4.50. The number of benzene rings is 1. The van der Waals surface area contributed by atoms with Gasteiger partial charge in [0.1, 0.15) is 10.7 Å². The molecule has 0 saturated heterocycles. The number of nitrogen functional groups attached to an aromatic ring is 1. The maximum atomic E-state index is 13.0. The van der Waals surface area contributed by atoms with Gasteiger partial charge in [-0.25, -0.2) is 9.37 Å². The topological polar surface area (TPSA) is 68.0 Å². The Bertz CT molecular complexity index is 568. The van der Waals surface area contributed by atoms with Gasteiger partial charge >= 0.3 is 0 Å². The van der Waals surface area contributed by atoms with Crippen molar-refractivity contribution in [2.45, 2.75) is 6.92 Å². The van der Waals surface area contributed by atoms with Crippen LogP contribution in [0.15, 0.2) is 23.7 Å². The maximum Gasteiger partial charge on any atom is 0.267 e. The number of nitrogens with two attached hydrogens (primary N) is 1. The molecule has 0 atom stereocenters. The standard InChI is InChI=1S/C11H10FN3OS/c1-6-10(17-5-14-6)11(16)15-9-4-7(12)2-3-8(9)13/h2-5H,13H2,1H3,(H,15,16). The summed E-state index contributed by atoms with van der Waals surface area (Å²) in [5.74, 6) is -0.780. The molecule has 88 valence electrons. The lowest BCUT2D eigenvalue weighted by atomic mass is 10.2. The molecule has 0 aliphatic carbocycles. The van der Waals surface area contributed by atoms with Gasteiger partial charge in [0.15, 0.2) is 0 Å². The molecular weight excluding hydrogens is 241 g/mol. The van der Waals surface area contributed by atoms with Crippen molar-refractivity contribution in [3.8, 4) is 0 Å². The predicted octanol–water partition coefficient (Wildman–Crippen LogP) is 2.43. The average Bonchev–Trinajstić information content (AvgIpc) is 2.70. The minimum atomic E-state index is -0.449. The fraction of sp³-hybridized carbons (Fsp3) is 0.0909. The summed E-state index contributed by atoms with van der Waals surface area (Å²) in [4.78, 5) is 16.3. The molecule has 0 bridgehead atoms. The Morgan fingerprint density at radius 1 is 1.53 bits per heavy atom. The number of halogens is 1. The van der Waals surface area contributed by atoms with Crippen LogP contribution in [-0.4, -0.2) is 10.9 Å². The number of rotatable bonds is 2. The third kappa shape index (κ3) is 2.42. The monoisotopic (exact) mass is 251 g/mol. The van der Waals surface area contributed by atoms with Crippen molar-refractivity contribution in [1.82, 2.24) is 4.98 Å². The number of hydrogen-bond acceptors (Lipinski definition) is 4. The Hall–Kier alpha value is -1.95. The fourth-order valence-electron chi connectivity index (χ4n) is 1.34. The third-order valence-corrected chi connectivity index (χ3v) is 3.14. The first kappa shape index (κ1) is 11.5. The molecule has 0 fully saturated rings. The van der Waals surface area contributed by atoms with Crippen LogP contribution in [0.5, 0.6) is 0 Å². The molecule has 0 spiro atoms. The molecule has 0 saturated carbocycles. The molecule has 17 heavy (non-hydrogen) atoms. The number of carbonyl (C=O) groups excluding carboxylic acids is 1. The van der Waals surface area contributed by atoms with Crippen molar-refractivity contribution in [2.75, 3.05) is 11.1 Å². The molecular formula is C11H10FN3OS. The highest BCUT2D eigenvalue weighted by Gasteiger charge is 2.13. The van der Waals surface area contributed by atoms with Crippen LogP contribution in [0.4, 0.5) is 15.8 Å². The molecule has 0 aliphatic rings. The first-order chi connectivity index (χ1) is 8.08. The molecule has 0 aliphatic heterocycles. The lowest BCUT2D eigenvalue weighted by molar-refractivity contribution is 0.103. The zero-order valence-electron chi connectivity index (χ0n) is 9.03. The van der Waals surface area contributed by atoms with E-state index in [9.17, 15) is 9.18 Å². The van der Waals surface area contributed by atoms with Crippen molar-refractivity contribution in [2.24, 2.45) is 0 Å². The summed E-state index contributed by atoms with van der Waals surface area (Å²) < 4.78 is 13.0. The summed E-state index contributed by atoms with van der Waals surface area (Å²) in [5.41, 5.74) is 8.45. The van der Waals surface area contributed by atoms with Gasteiger partial charge in [-0.3, -0.25) is 4.79 Å². The van der Waals surface area contributed by atoms with Crippen molar-refractivity contribution in [3.63, 3.8) is 0 Å². The molecule has 1 aromatic carbocycles. The molecule has 1 aromatic heterocycles. The van der Waals surface area contributed by atoms with Crippen molar-refractivity contribution in [3.05, 3.63) is 40.1 Å². The van der Waals surface area contributed by atoms with Gasteiger partial charge < -0.3 is 11.1 Å². The van der Waals surface area contributed by atoms with Gasteiger partial charge in [-0.15, -0.1) is 11.3 Å². The smallest absolute Gasteiger partial charge is 0.267 e. The van der Waals surface area contributed by atoms with Crippen molar-refractivity contribution >= 4 is 28.6 Å². The van der Waals surface area contributed by atoms with Crippen LogP contribution >= 0.6 is 11.3 Å². The number of anilines is 2. The lowest BCUT2D eigenvalue weighted by Crippen LogP contribution is -2.13. The van der Waals surface area contributed by atoms with E-state index < -0.39 is 5.82 Å². The summed E-state index contributed by atoms with van der Waals surface area (Å²) in [6.07, 6.45) is 0. The number of thiazole rings is 1. The molecule has 0 unspecified atom stereocenters. The van der Waals surface area contributed by atoms with Crippen LogP contribution in [0.1, 0.15) is 15.4 Å². The second-order valence-corrected chi connectivity index (χ2v) is 4.31. The Morgan fingerprint density at radius 3 is 2.94 bits per heavy atom.